The van der Waals surface area contributed by atoms with Crippen molar-refractivity contribution in [3.63, 3.8) is 0 Å². The average molecular weight is 286 g/mol. The first-order valence-electron chi connectivity index (χ1n) is 6.31. The number of sulfonamides is 1. The van der Waals surface area contributed by atoms with Crippen LogP contribution in [0.1, 0.15) is 26.5 Å². The summed E-state index contributed by atoms with van der Waals surface area (Å²) >= 11 is 0. The second-order valence-corrected chi connectivity index (χ2v) is 6.46. The van der Waals surface area contributed by atoms with Crippen molar-refractivity contribution in [3.05, 3.63) is 30.6 Å². The van der Waals surface area contributed by atoms with Gasteiger partial charge in [-0.1, -0.05) is 6.08 Å². The Labute approximate surface area is 115 Å². The van der Waals surface area contributed by atoms with Crippen LogP contribution in [0, 0.1) is 0 Å². The Morgan fingerprint density at radius 1 is 1.53 bits per heavy atom. The number of aliphatic hydroxyl groups excluding tert-OH is 1. The third kappa shape index (κ3) is 3.26. The van der Waals surface area contributed by atoms with E-state index in [0.29, 0.717) is 12.2 Å². The maximum Gasteiger partial charge on any atom is 0.245 e. The summed E-state index contributed by atoms with van der Waals surface area (Å²) in [5, 5.41) is 9.23. The first kappa shape index (κ1) is 15.9. The second kappa shape index (κ2) is 6.36. The fraction of sp³-hybridized carbons (Fsp3) is 0.538. The predicted molar refractivity (Wildman–Crippen MR) is 75.3 cm³/mol. The first-order chi connectivity index (χ1) is 8.88. The Bertz CT molecular complexity index is 511. The molecule has 1 rings (SSSR count). The van der Waals surface area contributed by atoms with Crippen molar-refractivity contribution >= 4 is 10.0 Å². The standard InChI is InChI=1S/C13H22N2O3S/c1-5-7-15(11(3)4)19(17,18)13-8-12(10-16)14(6-2)9-13/h5,8-9,11,16H,1,6-7,10H2,2-4H3. The quantitative estimate of drug-likeness (QED) is 0.774. The summed E-state index contributed by atoms with van der Waals surface area (Å²) in [7, 11) is -3.55. The molecule has 0 aliphatic heterocycles. The summed E-state index contributed by atoms with van der Waals surface area (Å²) < 4.78 is 28.2. The lowest BCUT2D eigenvalue weighted by Gasteiger charge is -2.23. The molecule has 0 aliphatic carbocycles. The zero-order chi connectivity index (χ0) is 14.6. The van der Waals surface area contributed by atoms with Crippen LogP contribution in [0.3, 0.4) is 0 Å². The minimum absolute atomic E-state index is 0.148. The molecule has 0 bridgehead atoms. The average Bonchev–Trinajstić information content (AvgIpc) is 2.79. The van der Waals surface area contributed by atoms with Gasteiger partial charge in [0.25, 0.3) is 0 Å². The van der Waals surface area contributed by atoms with Gasteiger partial charge in [-0.25, -0.2) is 8.42 Å². The van der Waals surface area contributed by atoms with E-state index in [2.05, 4.69) is 6.58 Å². The van der Waals surface area contributed by atoms with Crippen molar-refractivity contribution in [2.75, 3.05) is 6.54 Å². The molecule has 1 aromatic rings. The summed E-state index contributed by atoms with van der Waals surface area (Å²) in [5.74, 6) is 0. The van der Waals surface area contributed by atoms with Crippen molar-refractivity contribution in [2.45, 2.75) is 44.9 Å². The summed E-state index contributed by atoms with van der Waals surface area (Å²) in [6.45, 7) is 9.86. The summed E-state index contributed by atoms with van der Waals surface area (Å²) in [5.41, 5.74) is 0.600. The smallest absolute Gasteiger partial charge is 0.245 e. The van der Waals surface area contributed by atoms with E-state index in [-0.39, 0.29) is 24.1 Å². The number of aliphatic hydroxyl groups is 1. The molecule has 108 valence electrons. The Hall–Kier alpha value is -1.11. The molecule has 1 aromatic heterocycles. The molecular formula is C13H22N2O3S. The number of hydrogen-bond donors (Lipinski definition) is 1. The molecule has 19 heavy (non-hydrogen) atoms. The summed E-state index contributed by atoms with van der Waals surface area (Å²) in [4.78, 5) is 0.217. The van der Waals surface area contributed by atoms with Gasteiger partial charge in [-0.05, 0) is 26.8 Å². The van der Waals surface area contributed by atoms with Crippen molar-refractivity contribution < 1.29 is 13.5 Å². The molecule has 0 spiro atoms. The lowest BCUT2D eigenvalue weighted by Crippen LogP contribution is -2.36. The third-order valence-corrected chi connectivity index (χ3v) is 4.96. The topological polar surface area (TPSA) is 62.5 Å². The van der Waals surface area contributed by atoms with Gasteiger partial charge in [-0.3, -0.25) is 0 Å². The fourth-order valence-electron chi connectivity index (χ4n) is 1.94. The molecule has 1 N–H and O–H groups in total. The zero-order valence-electron chi connectivity index (χ0n) is 11.7. The Morgan fingerprint density at radius 2 is 2.16 bits per heavy atom. The van der Waals surface area contributed by atoms with E-state index < -0.39 is 10.0 Å². The van der Waals surface area contributed by atoms with Crippen LogP contribution in [0.15, 0.2) is 29.8 Å². The molecule has 0 saturated heterocycles. The number of rotatable bonds is 7. The third-order valence-electron chi connectivity index (χ3n) is 2.96. The Kier molecular flexibility index (Phi) is 5.34. The molecule has 0 radical (unpaired) electrons. The van der Waals surface area contributed by atoms with E-state index >= 15 is 0 Å². The van der Waals surface area contributed by atoms with E-state index in [1.807, 2.05) is 20.8 Å². The normalized spacial score (nSPS) is 12.3. The minimum Gasteiger partial charge on any atom is -0.390 e. The molecule has 0 saturated carbocycles. The van der Waals surface area contributed by atoms with E-state index in [1.165, 1.54) is 10.4 Å². The maximum absolute atomic E-state index is 12.5. The van der Waals surface area contributed by atoms with E-state index in [4.69, 9.17) is 0 Å². The maximum atomic E-state index is 12.5. The van der Waals surface area contributed by atoms with Gasteiger partial charge in [0.2, 0.25) is 10.0 Å². The van der Waals surface area contributed by atoms with E-state index in [1.54, 1.807) is 16.8 Å². The highest BCUT2D eigenvalue weighted by Crippen LogP contribution is 2.21. The van der Waals surface area contributed by atoms with Crippen LogP contribution in [0.25, 0.3) is 0 Å². The van der Waals surface area contributed by atoms with Gasteiger partial charge in [0, 0.05) is 31.0 Å². The highest BCUT2D eigenvalue weighted by atomic mass is 32.2. The fourth-order valence-corrected chi connectivity index (χ4v) is 3.61. The van der Waals surface area contributed by atoms with Crippen molar-refractivity contribution in [3.8, 4) is 0 Å². The van der Waals surface area contributed by atoms with Gasteiger partial charge in [0.05, 0.1) is 6.61 Å². The van der Waals surface area contributed by atoms with Crippen molar-refractivity contribution in [2.24, 2.45) is 0 Å². The summed E-state index contributed by atoms with van der Waals surface area (Å²) in [6, 6.07) is 1.38. The number of aromatic nitrogens is 1. The van der Waals surface area contributed by atoms with Gasteiger partial charge < -0.3 is 9.67 Å². The largest absolute Gasteiger partial charge is 0.390 e. The monoisotopic (exact) mass is 286 g/mol. The van der Waals surface area contributed by atoms with Gasteiger partial charge in [-0.2, -0.15) is 4.31 Å². The first-order valence-corrected chi connectivity index (χ1v) is 7.75. The second-order valence-electron chi connectivity index (χ2n) is 4.57. The molecular weight excluding hydrogens is 264 g/mol. The van der Waals surface area contributed by atoms with Crippen LogP contribution in [-0.2, 0) is 23.2 Å². The molecule has 6 heteroatoms. The molecule has 1 heterocycles. The van der Waals surface area contributed by atoms with Crippen LogP contribution < -0.4 is 0 Å². The Balaban J connectivity index is 3.25. The molecule has 0 unspecified atom stereocenters. The van der Waals surface area contributed by atoms with E-state index in [0.717, 1.165) is 0 Å². The SMILES string of the molecule is C=CCN(C(C)C)S(=O)(=O)c1cc(CO)n(CC)c1. The molecule has 0 atom stereocenters. The van der Waals surface area contributed by atoms with Crippen LogP contribution in [0.4, 0.5) is 0 Å². The van der Waals surface area contributed by atoms with Gasteiger partial charge in [0.1, 0.15) is 4.90 Å². The molecule has 0 fully saturated rings. The number of nitrogens with zero attached hydrogens (tertiary/aromatic N) is 2. The van der Waals surface area contributed by atoms with Gasteiger partial charge in [0.15, 0.2) is 0 Å². The zero-order valence-corrected chi connectivity index (χ0v) is 12.5. The van der Waals surface area contributed by atoms with Crippen LogP contribution >= 0.6 is 0 Å². The number of hydrogen-bond acceptors (Lipinski definition) is 3. The van der Waals surface area contributed by atoms with Crippen molar-refractivity contribution in [1.29, 1.82) is 0 Å². The van der Waals surface area contributed by atoms with Crippen molar-refractivity contribution in [1.82, 2.24) is 8.87 Å². The minimum atomic E-state index is -3.55. The summed E-state index contributed by atoms with van der Waals surface area (Å²) in [6.07, 6.45) is 3.14. The predicted octanol–water partition coefficient (Wildman–Crippen LogP) is 1.59. The highest BCUT2D eigenvalue weighted by Gasteiger charge is 2.27. The lowest BCUT2D eigenvalue weighted by molar-refractivity contribution is 0.271. The van der Waals surface area contributed by atoms with Gasteiger partial charge in [-0.15, -0.1) is 6.58 Å². The Morgan fingerprint density at radius 3 is 2.53 bits per heavy atom. The number of aryl methyl sites for hydroxylation is 1. The van der Waals surface area contributed by atoms with E-state index in [9.17, 15) is 13.5 Å². The lowest BCUT2D eigenvalue weighted by atomic mass is 10.4. The van der Waals surface area contributed by atoms with Crippen LogP contribution in [0.2, 0.25) is 0 Å². The molecule has 0 amide bonds. The van der Waals surface area contributed by atoms with Crippen LogP contribution in [0.5, 0.6) is 0 Å². The highest BCUT2D eigenvalue weighted by molar-refractivity contribution is 7.89. The molecule has 5 nitrogen and oxygen atoms in total. The van der Waals surface area contributed by atoms with Crippen LogP contribution in [-0.4, -0.2) is 35.0 Å². The molecule has 0 aromatic carbocycles. The molecule has 0 aliphatic rings. The van der Waals surface area contributed by atoms with Gasteiger partial charge >= 0.3 is 0 Å².